The molecule has 1 aromatic carbocycles. The van der Waals surface area contributed by atoms with Crippen LogP contribution in [0.5, 0.6) is 0 Å². The Morgan fingerprint density at radius 1 is 1.20 bits per heavy atom. The molecule has 1 aliphatic heterocycles. The number of nitrogens with two attached hydrogens (primary N) is 1. The third kappa shape index (κ3) is 4.53. The van der Waals surface area contributed by atoms with Gasteiger partial charge in [0.2, 0.25) is 5.91 Å². The lowest BCUT2D eigenvalue weighted by molar-refractivity contribution is -0.126. The number of hydrogen-bond donors (Lipinski definition) is 2. The van der Waals surface area contributed by atoms with Gasteiger partial charge in [-0.15, -0.1) is 0 Å². The SMILES string of the molecule is CC(CNC(=O)[C@@H]1CCC[C@@H]1CN)N1CCN(c2ccccc2)CC1. The maximum atomic E-state index is 12.4. The first-order chi connectivity index (χ1) is 12.2. The quantitative estimate of drug-likeness (QED) is 0.824. The molecule has 0 spiro atoms. The number of anilines is 1. The van der Waals surface area contributed by atoms with E-state index in [0.29, 0.717) is 18.5 Å². The van der Waals surface area contributed by atoms with Gasteiger partial charge in [-0.05, 0) is 44.4 Å². The van der Waals surface area contributed by atoms with Gasteiger partial charge in [0.1, 0.15) is 0 Å². The number of carbonyl (C=O) groups excluding carboxylic acids is 1. The van der Waals surface area contributed by atoms with Crippen molar-refractivity contribution in [2.45, 2.75) is 32.2 Å². The Labute approximate surface area is 151 Å². The molecule has 2 aliphatic rings. The van der Waals surface area contributed by atoms with E-state index in [4.69, 9.17) is 5.73 Å². The standard InChI is InChI=1S/C20H32N4O/c1-16(15-22-20(25)19-9-5-6-17(19)14-21)23-10-12-24(13-11-23)18-7-3-2-4-8-18/h2-4,7-8,16-17,19H,5-6,9-15,21H2,1H3,(H,22,25)/t16?,17-,19-/m1/s1. The lowest BCUT2D eigenvalue weighted by atomic mass is 9.95. The third-order valence-corrected chi connectivity index (χ3v) is 5.93. The molecular weight excluding hydrogens is 312 g/mol. The van der Waals surface area contributed by atoms with Gasteiger partial charge < -0.3 is 16.0 Å². The van der Waals surface area contributed by atoms with Crippen LogP contribution in [0, 0.1) is 11.8 Å². The van der Waals surface area contributed by atoms with Gasteiger partial charge in [0, 0.05) is 50.4 Å². The normalized spacial score (nSPS) is 25.8. The van der Waals surface area contributed by atoms with Crippen LogP contribution in [0.4, 0.5) is 5.69 Å². The molecule has 3 atom stereocenters. The van der Waals surface area contributed by atoms with Gasteiger partial charge in [0.15, 0.2) is 0 Å². The number of nitrogens with one attached hydrogen (secondary N) is 1. The van der Waals surface area contributed by atoms with E-state index in [0.717, 1.165) is 52.0 Å². The fraction of sp³-hybridized carbons (Fsp3) is 0.650. The van der Waals surface area contributed by atoms with Crippen LogP contribution in [0.2, 0.25) is 0 Å². The highest BCUT2D eigenvalue weighted by Gasteiger charge is 2.32. The van der Waals surface area contributed by atoms with Crippen LogP contribution in [0.1, 0.15) is 26.2 Å². The molecule has 1 aliphatic carbocycles. The largest absolute Gasteiger partial charge is 0.369 e. The summed E-state index contributed by atoms with van der Waals surface area (Å²) in [6.45, 7) is 7.75. The van der Waals surface area contributed by atoms with Crippen molar-refractivity contribution in [2.75, 3.05) is 44.2 Å². The summed E-state index contributed by atoms with van der Waals surface area (Å²) in [5, 5.41) is 3.18. The highest BCUT2D eigenvalue weighted by atomic mass is 16.1. The molecule has 2 fully saturated rings. The Morgan fingerprint density at radius 3 is 2.60 bits per heavy atom. The summed E-state index contributed by atoms with van der Waals surface area (Å²) in [4.78, 5) is 17.4. The Hall–Kier alpha value is -1.59. The second kappa shape index (κ2) is 8.68. The van der Waals surface area contributed by atoms with Gasteiger partial charge in [-0.1, -0.05) is 24.6 Å². The highest BCUT2D eigenvalue weighted by Crippen LogP contribution is 2.30. The number of hydrogen-bond acceptors (Lipinski definition) is 4. The molecule has 1 unspecified atom stereocenters. The summed E-state index contributed by atoms with van der Waals surface area (Å²) in [5.41, 5.74) is 7.11. The minimum Gasteiger partial charge on any atom is -0.369 e. The minimum atomic E-state index is 0.132. The molecule has 0 aromatic heterocycles. The van der Waals surface area contributed by atoms with Gasteiger partial charge in [-0.2, -0.15) is 0 Å². The second-order valence-electron chi connectivity index (χ2n) is 7.49. The van der Waals surface area contributed by atoms with E-state index < -0.39 is 0 Å². The van der Waals surface area contributed by atoms with Crippen LogP contribution in [-0.2, 0) is 4.79 Å². The predicted molar refractivity (Wildman–Crippen MR) is 103 cm³/mol. The van der Waals surface area contributed by atoms with E-state index in [9.17, 15) is 4.79 Å². The second-order valence-corrected chi connectivity index (χ2v) is 7.49. The molecule has 5 nitrogen and oxygen atoms in total. The van der Waals surface area contributed by atoms with Gasteiger partial charge in [-0.25, -0.2) is 0 Å². The van der Waals surface area contributed by atoms with Gasteiger partial charge >= 0.3 is 0 Å². The van der Waals surface area contributed by atoms with E-state index in [1.54, 1.807) is 0 Å². The highest BCUT2D eigenvalue weighted by molar-refractivity contribution is 5.79. The molecule has 0 radical (unpaired) electrons. The van der Waals surface area contributed by atoms with Crippen LogP contribution in [-0.4, -0.2) is 56.1 Å². The van der Waals surface area contributed by atoms with Crippen molar-refractivity contribution >= 4 is 11.6 Å². The van der Waals surface area contributed by atoms with Crippen LogP contribution in [0.3, 0.4) is 0 Å². The number of para-hydroxylation sites is 1. The predicted octanol–water partition coefficient (Wildman–Crippen LogP) is 1.69. The van der Waals surface area contributed by atoms with Crippen LogP contribution >= 0.6 is 0 Å². The Kier molecular flexibility index (Phi) is 6.32. The van der Waals surface area contributed by atoms with Gasteiger partial charge in [0.25, 0.3) is 0 Å². The number of benzene rings is 1. The lowest BCUT2D eigenvalue weighted by Crippen LogP contribution is -2.52. The van der Waals surface area contributed by atoms with E-state index >= 15 is 0 Å². The first kappa shape index (κ1) is 18.2. The first-order valence-corrected chi connectivity index (χ1v) is 9.71. The molecule has 1 aromatic rings. The molecule has 138 valence electrons. The number of nitrogens with zero attached hydrogens (tertiary/aromatic N) is 2. The summed E-state index contributed by atoms with van der Waals surface area (Å²) < 4.78 is 0. The maximum Gasteiger partial charge on any atom is 0.223 e. The maximum absolute atomic E-state index is 12.4. The fourth-order valence-corrected chi connectivity index (χ4v) is 4.23. The smallest absolute Gasteiger partial charge is 0.223 e. The van der Waals surface area contributed by atoms with Crippen molar-refractivity contribution in [3.8, 4) is 0 Å². The molecule has 3 rings (SSSR count). The average molecular weight is 345 g/mol. The summed E-state index contributed by atoms with van der Waals surface area (Å²) in [5.74, 6) is 0.722. The zero-order chi connectivity index (χ0) is 17.6. The van der Waals surface area contributed by atoms with Gasteiger partial charge in [-0.3, -0.25) is 9.69 Å². The summed E-state index contributed by atoms with van der Waals surface area (Å²) in [6.07, 6.45) is 3.24. The van der Waals surface area contributed by atoms with Crippen LogP contribution in [0.25, 0.3) is 0 Å². The number of amides is 1. The fourth-order valence-electron chi connectivity index (χ4n) is 4.23. The van der Waals surface area contributed by atoms with Crippen LogP contribution < -0.4 is 16.0 Å². The molecule has 0 bridgehead atoms. The van der Waals surface area contributed by atoms with Crippen molar-refractivity contribution in [2.24, 2.45) is 17.6 Å². The number of piperazine rings is 1. The molecule has 3 N–H and O–H groups in total. The molecule has 5 heteroatoms. The van der Waals surface area contributed by atoms with Crippen LogP contribution in [0.15, 0.2) is 30.3 Å². The van der Waals surface area contributed by atoms with Gasteiger partial charge in [0.05, 0.1) is 0 Å². The number of rotatable bonds is 6. The topological polar surface area (TPSA) is 61.6 Å². The zero-order valence-corrected chi connectivity index (χ0v) is 15.4. The van der Waals surface area contributed by atoms with E-state index in [-0.39, 0.29) is 11.8 Å². The molecule has 1 amide bonds. The molecule has 1 saturated heterocycles. The minimum absolute atomic E-state index is 0.132. The Bertz CT molecular complexity index is 542. The van der Waals surface area contributed by atoms with Crippen molar-refractivity contribution in [3.63, 3.8) is 0 Å². The average Bonchev–Trinajstić information content (AvgIpc) is 3.15. The molecular formula is C20H32N4O. The van der Waals surface area contributed by atoms with E-state index in [2.05, 4.69) is 52.4 Å². The zero-order valence-electron chi connectivity index (χ0n) is 15.4. The van der Waals surface area contributed by atoms with Crippen molar-refractivity contribution in [3.05, 3.63) is 30.3 Å². The summed E-state index contributed by atoms with van der Waals surface area (Å²) >= 11 is 0. The molecule has 1 heterocycles. The Balaban J connectivity index is 1.42. The monoisotopic (exact) mass is 344 g/mol. The Morgan fingerprint density at radius 2 is 1.92 bits per heavy atom. The summed E-state index contributed by atoms with van der Waals surface area (Å²) in [6, 6.07) is 11.0. The third-order valence-electron chi connectivity index (χ3n) is 5.93. The van der Waals surface area contributed by atoms with Crippen molar-refractivity contribution in [1.82, 2.24) is 10.2 Å². The molecule has 1 saturated carbocycles. The molecule has 25 heavy (non-hydrogen) atoms. The first-order valence-electron chi connectivity index (χ1n) is 9.71. The van der Waals surface area contributed by atoms with E-state index in [1.165, 1.54) is 5.69 Å². The van der Waals surface area contributed by atoms with Crippen molar-refractivity contribution in [1.29, 1.82) is 0 Å². The summed E-state index contributed by atoms with van der Waals surface area (Å²) in [7, 11) is 0. The lowest BCUT2D eigenvalue weighted by Gasteiger charge is -2.39. The van der Waals surface area contributed by atoms with E-state index in [1.807, 2.05) is 0 Å². The number of carbonyl (C=O) groups is 1. The van der Waals surface area contributed by atoms with Crippen molar-refractivity contribution < 1.29 is 4.79 Å².